The molecule has 0 radical (unpaired) electrons. The molecular weight excluding hydrogens is 374 g/mol. The lowest BCUT2D eigenvalue weighted by atomic mass is 10.1. The first-order valence-electron chi connectivity index (χ1n) is 7.31. The average molecular weight is 392 g/mol. The van der Waals surface area contributed by atoms with E-state index in [-0.39, 0.29) is 23.7 Å². The summed E-state index contributed by atoms with van der Waals surface area (Å²) >= 11 is 3.22. The van der Waals surface area contributed by atoms with E-state index in [0.29, 0.717) is 16.6 Å². The number of esters is 1. The molecule has 6 heteroatoms. The molecule has 2 aromatic rings. The highest BCUT2D eigenvalue weighted by Crippen LogP contribution is 2.23. The van der Waals surface area contributed by atoms with Gasteiger partial charge >= 0.3 is 5.97 Å². The van der Waals surface area contributed by atoms with Crippen LogP contribution in [0.15, 0.2) is 41.4 Å². The minimum absolute atomic E-state index is 0.00862. The van der Waals surface area contributed by atoms with Crippen molar-refractivity contribution in [2.75, 3.05) is 6.61 Å². The highest BCUT2D eigenvalue weighted by molar-refractivity contribution is 9.10. The number of benzene rings is 1. The van der Waals surface area contributed by atoms with Crippen molar-refractivity contribution >= 4 is 27.7 Å². The van der Waals surface area contributed by atoms with E-state index in [4.69, 9.17) is 4.74 Å². The van der Waals surface area contributed by atoms with Gasteiger partial charge in [-0.05, 0) is 38.1 Å². The standard InChI is InChI=1S/C18H18BrNO4/c1-4-7-20-11(2)8-14(12(20)3)17(22)10-24-18(23)15-9-13(19)5-6-16(15)21/h4-6,8-9,21H,1,7,10H2,2-3H3. The molecule has 1 N–H and O–H groups in total. The zero-order valence-electron chi connectivity index (χ0n) is 13.5. The third-order valence-corrected chi connectivity index (χ3v) is 4.19. The molecule has 0 atom stereocenters. The lowest BCUT2D eigenvalue weighted by Crippen LogP contribution is -2.15. The summed E-state index contributed by atoms with van der Waals surface area (Å²) in [7, 11) is 0. The lowest BCUT2D eigenvalue weighted by molar-refractivity contribution is 0.0471. The zero-order chi connectivity index (χ0) is 17.9. The van der Waals surface area contributed by atoms with Crippen LogP contribution in [-0.4, -0.2) is 28.0 Å². The third kappa shape index (κ3) is 3.76. The molecule has 1 aromatic heterocycles. The van der Waals surface area contributed by atoms with Gasteiger partial charge < -0.3 is 14.4 Å². The highest BCUT2D eigenvalue weighted by Gasteiger charge is 2.19. The van der Waals surface area contributed by atoms with Gasteiger partial charge in [0.05, 0.1) is 0 Å². The Morgan fingerprint density at radius 1 is 1.29 bits per heavy atom. The van der Waals surface area contributed by atoms with Crippen LogP contribution in [0.3, 0.4) is 0 Å². The van der Waals surface area contributed by atoms with Crippen molar-refractivity contribution in [1.29, 1.82) is 0 Å². The number of hydrogen-bond acceptors (Lipinski definition) is 4. The van der Waals surface area contributed by atoms with Crippen LogP contribution in [-0.2, 0) is 11.3 Å². The van der Waals surface area contributed by atoms with Gasteiger partial charge in [-0.25, -0.2) is 4.79 Å². The van der Waals surface area contributed by atoms with E-state index in [1.54, 1.807) is 18.2 Å². The SMILES string of the molecule is C=CCn1c(C)cc(C(=O)COC(=O)c2cc(Br)ccc2O)c1C. The van der Waals surface area contributed by atoms with E-state index in [2.05, 4.69) is 22.5 Å². The fourth-order valence-corrected chi connectivity index (χ4v) is 2.81. The Kier molecular flexibility index (Phi) is 5.62. The number of aromatic hydroxyl groups is 1. The number of halogens is 1. The molecule has 0 unspecified atom stereocenters. The predicted molar refractivity (Wildman–Crippen MR) is 94.5 cm³/mol. The molecular formula is C18H18BrNO4. The fourth-order valence-electron chi connectivity index (χ4n) is 2.45. The van der Waals surface area contributed by atoms with E-state index in [0.717, 1.165) is 11.4 Å². The first-order chi connectivity index (χ1) is 11.3. The first kappa shape index (κ1) is 18.0. The van der Waals surface area contributed by atoms with E-state index >= 15 is 0 Å². The monoisotopic (exact) mass is 391 g/mol. The van der Waals surface area contributed by atoms with Gasteiger partial charge in [0, 0.05) is 28.0 Å². The van der Waals surface area contributed by atoms with Crippen molar-refractivity contribution in [1.82, 2.24) is 4.57 Å². The number of hydrogen-bond donors (Lipinski definition) is 1. The van der Waals surface area contributed by atoms with Gasteiger partial charge in [-0.3, -0.25) is 4.79 Å². The highest BCUT2D eigenvalue weighted by atomic mass is 79.9. The van der Waals surface area contributed by atoms with Gasteiger partial charge in [-0.2, -0.15) is 0 Å². The quantitative estimate of drug-likeness (QED) is 0.461. The minimum atomic E-state index is -0.748. The number of rotatable bonds is 6. The first-order valence-corrected chi connectivity index (χ1v) is 8.11. The zero-order valence-corrected chi connectivity index (χ0v) is 15.1. The Bertz CT molecular complexity index is 808. The molecule has 1 heterocycles. The summed E-state index contributed by atoms with van der Waals surface area (Å²) in [5, 5.41) is 9.71. The molecule has 0 bridgehead atoms. The molecule has 0 saturated carbocycles. The largest absolute Gasteiger partial charge is 0.507 e. The number of aryl methyl sites for hydroxylation is 1. The van der Waals surface area contributed by atoms with Crippen molar-refractivity contribution in [2.24, 2.45) is 0 Å². The van der Waals surface area contributed by atoms with Gasteiger partial charge in [-0.15, -0.1) is 6.58 Å². The topological polar surface area (TPSA) is 68.5 Å². The van der Waals surface area contributed by atoms with Crippen LogP contribution in [0.2, 0.25) is 0 Å². The summed E-state index contributed by atoms with van der Waals surface area (Å²) in [6.45, 7) is 7.66. The Morgan fingerprint density at radius 2 is 2.00 bits per heavy atom. The number of ether oxygens (including phenoxy) is 1. The maximum absolute atomic E-state index is 12.3. The fraction of sp³-hybridized carbons (Fsp3) is 0.222. The van der Waals surface area contributed by atoms with Crippen LogP contribution in [0.1, 0.15) is 32.1 Å². The van der Waals surface area contributed by atoms with Crippen LogP contribution in [0.4, 0.5) is 0 Å². The summed E-state index contributed by atoms with van der Waals surface area (Å²) in [6, 6.07) is 6.20. The number of allylic oxidation sites excluding steroid dienone is 1. The molecule has 1 aromatic carbocycles. The maximum Gasteiger partial charge on any atom is 0.342 e. The molecule has 0 aliphatic rings. The predicted octanol–water partition coefficient (Wildman–Crippen LogP) is 3.80. The maximum atomic E-state index is 12.3. The second-order valence-corrected chi connectivity index (χ2v) is 6.26. The van der Waals surface area contributed by atoms with Crippen molar-refractivity contribution in [3.05, 3.63) is 63.9 Å². The number of nitrogens with zero attached hydrogens (tertiary/aromatic N) is 1. The molecule has 5 nitrogen and oxygen atoms in total. The van der Waals surface area contributed by atoms with Crippen molar-refractivity contribution < 1.29 is 19.4 Å². The van der Waals surface area contributed by atoms with Gasteiger partial charge in [0.1, 0.15) is 11.3 Å². The molecule has 0 fully saturated rings. The molecule has 0 saturated heterocycles. The van der Waals surface area contributed by atoms with Crippen LogP contribution >= 0.6 is 15.9 Å². The van der Waals surface area contributed by atoms with Crippen molar-refractivity contribution in [2.45, 2.75) is 20.4 Å². The normalized spacial score (nSPS) is 10.5. The van der Waals surface area contributed by atoms with Crippen molar-refractivity contribution in [3.8, 4) is 5.75 Å². The molecule has 0 aliphatic carbocycles. The summed E-state index contributed by atoms with van der Waals surface area (Å²) < 4.78 is 7.64. The second-order valence-electron chi connectivity index (χ2n) is 5.34. The van der Waals surface area contributed by atoms with Gasteiger partial charge in [0.25, 0.3) is 0 Å². The van der Waals surface area contributed by atoms with E-state index in [1.807, 2.05) is 18.4 Å². The summed E-state index contributed by atoms with van der Waals surface area (Å²) in [4.78, 5) is 24.4. The summed E-state index contributed by atoms with van der Waals surface area (Å²) in [5.41, 5.74) is 2.26. The number of carbonyl (C=O) groups excluding carboxylic acids is 2. The number of phenols is 1. The summed E-state index contributed by atoms with van der Waals surface area (Å²) in [6.07, 6.45) is 1.75. The Balaban J connectivity index is 2.11. The number of Topliss-reactive ketones (excluding diaryl/α,β-unsaturated/α-hetero) is 1. The molecule has 0 aliphatic heterocycles. The van der Waals surface area contributed by atoms with Crippen molar-refractivity contribution in [3.63, 3.8) is 0 Å². The Morgan fingerprint density at radius 3 is 2.67 bits per heavy atom. The average Bonchev–Trinajstić information content (AvgIpc) is 2.83. The molecule has 126 valence electrons. The van der Waals surface area contributed by atoms with Crippen LogP contribution in [0.25, 0.3) is 0 Å². The van der Waals surface area contributed by atoms with Crippen LogP contribution in [0, 0.1) is 13.8 Å². The smallest absolute Gasteiger partial charge is 0.342 e. The van der Waals surface area contributed by atoms with E-state index < -0.39 is 5.97 Å². The number of aromatic nitrogens is 1. The number of phenolic OH excluding ortho intramolecular Hbond substituents is 1. The molecule has 2 rings (SSSR count). The van der Waals surface area contributed by atoms with Crippen LogP contribution < -0.4 is 0 Å². The summed E-state index contributed by atoms with van der Waals surface area (Å²) in [5.74, 6) is -1.23. The Labute approximate surface area is 148 Å². The molecule has 0 amide bonds. The second kappa shape index (κ2) is 7.49. The molecule has 24 heavy (non-hydrogen) atoms. The Hall–Kier alpha value is -2.34. The third-order valence-electron chi connectivity index (χ3n) is 3.70. The van der Waals surface area contributed by atoms with Gasteiger partial charge in [-0.1, -0.05) is 22.0 Å². The number of ketones is 1. The van der Waals surface area contributed by atoms with Gasteiger partial charge in [0.15, 0.2) is 6.61 Å². The molecule has 0 spiro atoms. The van der Waals surface area contributed by atoms with Crippen LogP contribution in [0.5, 0.6) is 5.75 Å². The van der Waals surface area contributed by atoms with E-state index in [9.17, 15) is 14.7 Å². The minimum Gasteiger partial charge on any atom is -0.507 e. The lowest BCUT2D eigenvalue weighted by Gasteiger charge is -2.08. The number of carbonyl (C=O) groups is 2. The van der Waals surface area contributed by atoms with Gasteiger partial charge in [0.2, 0.25) is 5.78 Å². The van der Waals surface area contributed by atoms with E-state index in [1.165, 1.54) is 12.1 Å².